The van der Waals surface area contributed by atoms with Crippen molar-refractivity contribution in [3.05, 3.63) is 28.0 Å². The molecule has 0 bridgehead atoms. The second-order valence-corrected chi connectivity index (χ2v) is 9.47. The summed E-state index contributed by atoms with van der Waals surface area (Å²) in [5.41, 5.74) is 0.410. The van der Waals surface area contributed by atoms with E-state index < -0.39 is 21.7 Å². The van der Waals surface area contributed by atoms with Crippen LogP contribution in [0.25, 0.3) is 11.3 Å². The summed E-state index contributed by atoms with van der Waals surface area (Å²) in [6.45, 7) is 2.52. The van der Waals surface area contributed by atoms with Crippen molar-refractivity contribution >= 4 is 44.7 Å². The standard InChI is InChI=1S/C18H20Cl2FN3O4S/c1-4-28-18(25)13-6-5-7-24(13)14-8-10(12(21)9-11(14)19)16-15(20)17(23(2)22-16)29(3,26)27/h8-9,13H,4-7H2,1-3H3/t13-/m0/s1. The van der Waals surface area contributed by atoms with Crippen molar-refractivity contribution in [1.82, 2.24) is 9.78 Å². The van der Waals surface area contributed by atoms with E-state index >= 15 is 0 Å². The zero-order valence-electron chi connectivity index (χ0n) is 16.1. The van der Waals surface area contributed by atoms with E-state index in [1.165, 1.54) is 13.1 Å². The largest absolute Gasteiger partial charge is 0.464 e. The second-order valence-electron chi connectivity index (χ2n) is 6.75. The summed E-state index contributed by atoms with van der Waals surface area (Å²) in [7, 11) is -2.26. The fourth-order valence-corrected chi connectivity index (χ4v) is 5.42. The molecule has 0 amide bonds. The normalized spacial score (nSPS) is 17.0. The molecule has 7 nitrogen and oxygen atoms in total. The average Bonchev–Trinajstić information content (AvgIpc) is 3.19. The third kappa shape index (κ3) is 4.08. The Morgan fingerprint density at radius 2 is 2.07 bits per heavy atom. The van der Waals surface area contributed by atoms with E-state index in [0.717, 1.165) is 23.4 Å². The Bertz CT molecular complexity index is 1070. The molecule has 2 heterocycles. The number of rotatable bonds is 5. The van der Waals surface area contributed by atoms with E-state index in [0.29, 0.717) is 18.7 Å². The molecule has 29 heavy (non-hydrogen) atoms. The number of nitrogens with zero attached hydrogens (tertiary/aromatic N) is 3. The summed E-state index contributed by atoms with van der Waals surface area (Å²) in [6, 6.07) is 2.02. The first-order chi connectivity index (χ1) is 13.6. The maximum absolute atomic E-state index is 14.7. The van der Waals surface area contributed by atoms with Crippen LogP contribution in [-0.2, 0) is 26.4 Å². The van der Waals surface area contributed by atoms with Crippen LogP contribution in [0.15, 0.2) is 17.2 Å². The molecule has 0 N–H and O–H groups in total. The molecule has 158 valence electrons. The lowest BCUT2D eigenvalue weighted by molar-refractivity contribution is -0.144. The van der Waals surface area contributed by atoms with Crippen LogP contribution >= 0.6 is 23.2 Å². The highest BCUT2D eigenvalue weighted by atomic mass is 35.5. The maximum atomic E-state index is 14.7. The Balaban J connectivity index is 2.12. The van der Waals surface area contributed by atoms with E-state index in [9.17, 15) is 17.6 Å². The number of aromatic nitrogens is 2. The molecule has 0 unspecified atom stereocenters. The lowest BCUT2D eigenvalue weighted by Gasteiger charge is -2.26. The summed E-state index contributed by atoms with van der Waals surface area (Å²) in [5, 5.41) is 3.84. The van der Waals surface area contributed by atoms with Gasteiger partial charge in [-0.15, -0.1) is 0 Å². The van der Waals surface area contributed by atoms with Gasteiger partial charge in [0.1, 0.15) is 22.6 Å². The van der Waals surface area contributed by atoms with Crippen molar-refractivity contribution in [2.45, 2.75) is 30.8 Å². The monoisotopic (exact) mass is 463 g/mol. The summed E-state index contributed by atoms with van der Waals surface area (Å²) >= 11 is 12.5. The Labute approximate surface area is 178 Å². The molecule has 0 spiro atoms. The summed E-state index contributed by atoms with van der Waals surface area (Å²) in [5.74, 6) is -1.08. The minimum Gasteiger partial charge on any atom is -0.464 e. The molecule has 3 rings (SSSR count). The molecule has 0 radical (unpaired) electrons. The highest BCUT2D eigenvalue weighted by Crippen LogP contribution is 2.40. The van der Waals surface area contributed by atoms with Crippen molar-refractivity contribution < 1.29 is 22.3 Å². The number of aryl methyl sites for hydroxylation is 1. The molecule has 1 aliphatic rings. The fraction of sp³-hybridized carbons (Fsp3) is 0.444. The summed E-state index contributed by atoms with van der Waals surface area (Å²) < 4.78 is 45.0. The van der Waals surface area contributed by atoms with Crippen LogP contribution in [0.4, 0.5) is 10.1 Å². The molecule has 0 saturated carbocycles. The van der Waals surface area contributed by atoms with Crippen molar-refractivity contribution in [1.29, 1.82) is 0 Å². The van der Waals surface area contributed by atoms with Crippen LogP contribution in [0, 0.1) is 5.82 Å². The highest BCUT2D eigenvalue weighted by molar-refractivity contribution is 7.90. The number of carbonyl (C=O) groups is 1. The minimum absolute atomic E-state index is 0.00518. The smallest absolute Gasteiger partial charge is 0.328 e. The number of esters is 1. The second kappa shape index (κ2) is 8.12. The van der Waals surface area contributed by atoms with Gasteiger partial charge >= 0.3 is 5.97 Å². The number of anilines is 1. The van der Waals surface area contributed by atoms with E-state index in [-0.39, 0.29) is 38.9 Å². The van der Waals surface area contributed by atoms with Gasteiger partial charge in [0, 0.05) is 25.4 Å². The number of hydrogen-bond donors (Lipinski definition) is 0. The first-order valence-electron chi connectivity index (χ1n) is 8.91. The Morgan fingerprint density at radius 1 is 1.38 bits per heavy atom. The van der Waals surface area contributed by atoms with E-state index in [1.54, 1.807) is 11.8 Å². The van der Waals surface area contributed by atoms with Gasteiger partial charge in [-0.3, -0.25) is 4.68 Å². The molecule has 1 aromatic heterocycles. The van der Waals surface area contributed by atoms with Gasteiger partial charge in [0.05, 0.1) is 17.3 Å². The van der Waals surface area contributed by atoms with Gasteiger partial charge in [-0.25, -0.2) is 17.6 Å². The van der Waals surface area contributed by atoms with Crippen molar-refractivity contribution in [2.24, 2.45) is 7.05 Å². The number of halogens is 3. The predicted molar refractivity (Wildman–Crippen MR) is 109 cm³/mol. The molecule has 1 aromatic carbocycles. The summed E-state index contributed by atoms with van der Waals surface area (Å²) in [4.78, 5) is 14.1. The third-order valence-corrected chi connectivity index (χ3v) is 6.65. The zero-order valence-corrected chi connectivity index (χ0v) is 18.4. The fourth-order valence-electron chi connectivity index (χ4n) is 3.54. The van der Waals surface area contributed by atoms with Crippen molar-refractivity contribution in [3.63, 3.8) is 0 Å². The molecule has 1 aliphatic heterocycles. The first kappa shape index (κ1) is 21.9. The van der Waals surface area contributed by atoms with Gasteiger partial charge < -0.3 is 9.64 Å². The molecular weight excluding hydrogens is 444 g/mol. The Hall–Kier alpha value is -1.84. The number of carbonyl (C=O) groups excluding carboxylic acids is 1. The highest BCUT2D eigenvalue weighted by Gasteiger charge is 2.34. The van der Waals surface area contributed by atoms with Crippen molar-refractivity contribution in [2.75, 3.05) is 24.3 Å². The van der Waals surface area contributed by atoms with Crippen molar-refractivity contribution in [3.8, 4) is 11.3 Å². The molecule has 0 aliphatic carbocycles. The first-order valence-corrected chi connectivity index (χ1v) is 11.6. The van der Waals surface area contributed by atoms with Crippen LogP contribution < -0.4 is 4.90 Å². The topological polar surface area (TPSA) is 81.5 Å². The lowest BCUT2D eigenvalue weighted by atomic mass is 10.1. The zero-order chi connectivity index (χ0) is 21.5. The van der Waals surface area contributed by atoms with Crippen LogP contribution in [0.5, 0.6) is 0 Å². The van der Waals surface area contributed by atoms with Gasteiger partial charge in [-0.05, 0) is 31.9 Å². The molecular formula is C18H20Cl2FN3O4S. The number of sulfone groups is 1. The van der Waals surface area contributed by atoms with E-state index in [2.05, 4.69) is 5.10 Å². The quantitative estimate of drug-likeness (QED) is 0.631. The maximum Gasteiger partial charge on any atom is 0.328 e. The van der Waals surface area contributed by atoms with E-state index in [1.807, 2.05) is 0 Å². The van der Waals surface area contributed by atoms with E-state index in [4.69, 9.17) is 27.9 Å². The lowest BCUT2D eigenvalue weighted by Crippen LogP contribution is -2.37. The molecule has 11 heteroatoms. The van der Waals surface area contributed by atoms with Gasteiger partial charge in [-0.2, -0.15) is 5.10 Å². The Morgan fingerprint density at radius 3 is 2.66 bits per heavy atom. The molecule has 1 fully saturated rings. The average molecular weight is 464 g/mol. The van der Waals surface area contributed by atoms with Gasteiger partial charge in [0.25, 0.3) is 0 Å². The van der Waals surface area contributed by atoms with Crippen LogP contribution in [-0.4, -0.2) is 49.6 Å². The van der Waals surface area contributed by atoms with Crippen LogP contribution in [0.1, 0.15) is 19.8 Å². The number of benzene rings is 1. The SMILES string of the molecule is CCOC(=O)[C@@H]1CCCN1c1cc(-c2nn(C)c(S(C)(=O)=O)c2Cl)c(F)cc1Cl. The molecule has 1 saturated heterocycles. The number of ether oxygens (including phenoxy) is 1. The summed E-state index contributed by atoms with van der Waals surface area (Å²) in [6.07, 6.45) is 2.33. The minimum atomic E-state index is -3.68. The van der Waals surface area contributed by atoms with Gasteiger partial charge in [0.2, 0.25) is 0 Å². The predicted octanol–water partition coefficient (Wildman–Crippen LogP) is 3.47. The molecule has 1 atom stereocenters. The van der Waals surface area contributed by atoms with Crippen LogP contribution in [0.3, 0.4) is 0 Å². The number of hydrogen-bond acceptors (Lipinski definition) is 6. The van der Waals surface area contributed by atoms with Gasteiger partial charge in [0.15, 0.2) is 14.9 Å². The van der Waals surface area contributed by atoms with Gasteiger partial charge in [-0.1, -0.05) is 23.2 Å². The van der Waals surface area contributed by atoms with Crippen LogP contribution in [0.2, 0.25) is 10.0 Å². The molecule has 2 aromatic rings. The Kier molecular flexibility index (Phi) is 6.12. The third-order valence-electron chi connectivity index (χ3n) is 4.70.